The average molecular weight is 269 g/mol. The molecule has 106 valence electrons. The number of aliphatic hydroxyl groups is 1. The van der Waals surface area contributed by atoms with Crippen molar-refractivity contribution < 1.29 is 19.0 Å². The molecule has 19 heavy (non-hydrogen) atoms. The third-order valence-corrected chi connectivity index (χ3v) is 3.26. The van der Waals surface area contributed by atoms with Gasteiger partial charge in [-0.2, -0.15) is 0 Å². The summed E-state index contributed by atoms with van der Waals surface area (Å²) in [6.45, 7) is 3.50. The lowest BCUT2D eigenvalue weighted by Gasteiger charge is -2.30. The van der Waals surface area contributed by atoms with Crippen LogP contribution in [-0.2, 0) is 15.1 Å². The maximum absolute atomic E-state index is 12.9. The molecule has 0 aliphatic carbocycles. The number of hydrogen-bond acceptors (Lipinski definition) is 4. The average Bonchev–Trinajstić information content (AvgIpc) is 2.39. The Labute approximate surface area is 112 Å². The van der Waals surface area contributed by atoms with Gasteiger partial charge in [-0.1, -0.05) is 19.8 Å². The van der Waals surface area contributed by atoms with Crippen LogP contribution in [0.3, 0.4) is 0 Å². The smallest absolute Gasteiger partial charge is 0.312 e. The van der Waals surface area contributed by atoms with Crippen LogP contribution < -0.4 is 0 Å². The molecule has 1 rings (SSSR count). The van der Waals surface area contributed by atoms with Gasteiger partial charge in [-0.05, 0) is 25.5 Å². The van der Waals surface area contributed by atoms with Crippen LogP contribution in [0.2, 0.25) is 0 Å². The van der Waals surface area contributed by atoms with Crippen LogP contribution in [0.15, 0.2) is 18.3 Å². The molecule has 2 unspecified atom stereocenters. The zero-order chi connectivity index (χ0) is 14.5. The van der Waals surface area contributed by atoms with E-state index >= 15 is 0 Å². The van der Waals surface area contributed by atoms with Crippen molar-refractivity contribution in [3.05, 3.63) is 29.8 Å². The number of aromatic nitrogens is 1. The van der Waals surface area contributed by atoms with Gasteiger partial charge in [0.05, 0.1) is 24.9 Å². The van der Waals surface area contributed by atoms with E-state index in [2.05, 4.69) is 4.98 Å². The van der Waals surface area contributed by atoms with Crippen molar-refractivity contribution in [1.82, 2.24) is 4.98 Å². The van der Waals surface area contributed by atoms with E-state index in [1.54, 1.807) is 0 Å². The Balaban J connectivity index is 3.03. The van der Waals surface area contributed by atoms with Gasteiger partial charge in [-0.15, -0.1) is 0 Å². The van der Waals surface area contributed by atoms with E-state index in [4.69, 9.17) is 4.74 Å². The molecule has 0 fully saturated rings. The lowest BCUT2D eigenvalue weighted by molar-refractivity contribution is -0.156. The van der Waals surface area contributed by atoms with Gasteiger partial charge in [0.15, 0.2) is 0 Å². The summed E-state index contributed by atoms with van der Waals surface area (Å²) in [5.41, 5.74) is -1.21. The van der Waals surface area contributed by atoms with Crippen LogP contribution in [0.4, 0.5) is 4.39 Å². The van der Waals surface area contributed by atoms with E-state index in [0.717, 1.165) is 19.0 Å². The fourth-order valence-electron chi connectivity index (χ4n) is 2.03. The van der Waals surface area contributed by atoms with Crippen molar-refractivity contribution in [2.24, 2.45) is 5.92 Å². The lowest BCUT2D eigenvalue weighted by atomic mass is 9.82. The highest BCUT2D eigenvalue weighted by Crippen LogP contribution is 2.32. The van der Waals surface area contributed by atoms with Crippen LogP contribution in [-0.4, -0.2) is 23.2 Å². The van der Waals surface area contributed by atoms with E-state index in [9.17, 15) is 14.3 Å². The van der Waals surface area contributed by atoms with Crippen molar-refractivity contribution >= 4 is 5.97 Å². The fourth-order valence-corrected chi connectivity index (χ4v) is 2.03. The quantitative estimate of drug-likeness (QED) is 0.806. The highest BCUT2D eigenvalue weighted by molar-refractivity contribution is 5.73. The molecule has 1 aromatic rings. The first kappa shape index (κ1) is 15.6. The number of hydrogen-bond donors (Lipinski definition) is 1. The molecule has 1 heterocycles. The highest BCUT2D eigenvalue weighted by Gasteiger charge is 2.40. The van der Waals surface area contributed by atoms with Gasteiger partial charge >= 0.3 is 5.97 Å². The predicted octanol–water partition coefficient (Wildman–Crippen LogP) is 2.41. The molecule has 0 saturated carbocycles. The van der Waals surface area contributed by atoms with Crippen molar-refractivity contribution in [3.8, 4) is 0 Å². The molecule has 1 N–H and O–H groups in total. The number of esters is 1. The Bertz CT molecular complexity index is 417. The second-order valence-corrected chi connectivity index (χ2v) is 4.73. The van der Waals surface area contributed by atoms with Crippen molar-refractivity contribution in [2.45, 2.75) is 38.7 Å². The molecule has 0 aliphatic rings. The standard InChI is InChI=1S/C14H20FNO3/c1-4-5-6-11(13(17)19-3)14(2,18)12-8-7-10(15)9-16-12/h7-9,11,18H,4-6H2,1-3H3. The SMILES string of the molecule is CCCCC(C(=O)OC)C(C)(O)c1ccc(F)cn1. The first-order chi connectivity index (χ1) is 8.93. The number of ether oxygens (including phenoxy) is 1. The normalized spacial score (nSPS) is 15.6. The zero-order valence-electron chi connectivity index (χ0n) is 11.5. The molecule has 4 nitrogen and oxygen atoms in total. The molecule has 5 heteroatoms. The monoisotopic (exact) mass is 269 g/mol. The Hall–Kier alpha value is -1.49. The number of nitrogens with zero attached hydrogens (tertiary/aromatic N) is 1. The summed E-state index contributed by atoms with van der Waals surface area (Å²) in [5, 5.41) is 10.6. The van der Waals surface area contributed by atoms with Crippen LogP contribution in [0, 0.1) is 11.7 Å². The minimum atomic E-state index is -1.48. The second kappa shape index (κ2) is 6.61. The van der Waals surface area contributed by atoms with Crippen LogP contribution in [0.25, 0.3) is 0 Å². The lowest BCUT2D eigenvalue weighted by Crippen LogP contribution is -2.38. The molecule has 2 atom stereocenters. The Kier molecular flexibility index (Phi) is 5.42. The number of carbonyl (C=O) groups excluding carboxylic acids is 1. The number of carbonyl (C=O) groups is 1. The summed E-state index contributed by atoms with van der Waals surface area (Å²) in [5.74, 6) is -1.68. The van der Waals surface area contributed by atoms with Gasteiger partial charge in [0, 0.05) is 0 Å². The highest BCUT2D eigenvalue weighted by atomic mass is 19.1. The summed E-state index contributed by atoms with van der Waals surface area (Å²) in [4.78, 5) is 15.7. The molecule has 0 saturated heterocycles. The fraction of sp³-hybridized carbons (Fsp3) is 0.571. The number of halogens is 1. The molecular formula is C14H20FNO3. The molecule has 0 spiro atoms. The van der Waals surface area contributed by atoms with Crippen molar-refractivity contribution in [1.29, 1.82) is 0 Å². The first-order valence-electron chi connectivity index (χ1n) is 6.35. The number of methoxy groups -OCH3 is 1. The maximum Gasteiger partial charge on any atom is 0.312 e. The minimum Gasteiger partial charge on any atom is -0.469 e. The van der Waals surface area contributed by atoms with Gasteiger partial charge < -0.3 is 9.84 Å². The van der Waals surface area contributed by atoms with E-state index in [1.807, 2.05) is 6.92 Å². The van der Waals surface area contributed by atoms with Gasteiger partial charge in [0.2, 0.25) is 0 Å². The Morgan fingerprint density at radius 1 is 1.58 bits per heavy atom. The number of rotatable bonds is 6. The summed E-state index contributed by atoms with van der Waals surface area (Å²) in [6, 6.07) is 2.60. The van der Waals surface area contributed by atoms with E-state index in [1.165, 1.54) is 26.2 Å². The minimum absolute atomic E-state index is 0.264. The molecule has 0 aromatic carbocycles. The van der Waals surface area contributed by atoms with Crippen molar-refractivity contribution in [3.63, 3.8) is 0 Å². The second-order valence-electron chi connectivity index (χ2n) is 4.73. The zero-order valence-corrected chi connectivity index (χ0v) is 11.5. The van der Waals surface area contributed by atoms with Gasteiger partial charge in [0.25, 0.3) is 0 Å². The van der Waals surface area contributed by atoms with Gasteiger partial charge in [-0.3, -0.25) is 9.78 Å². The summed E-state index contributed by atoms with van der Waals surface area (Å²) >= 11 is 0. The summed E-state index contributed by atoms with van der Waals surface area (Å²) < 4.78 is 17.6. The number of unbranched alkanes of at least 4 members (excludes halogenated alkanes) is 1. The van der Waals surface area contributed by atoms with Crippen LogP contribution in [0.1, 0.15) is 38.8 Å². The maximum atomic E-state index is 12.9. The van der Waals surface area contributed by atoms with E-state index in [0.29, 0.717) is 6.42 Å². The first-order valence-corrected chi connectivity index (χ1v) is 6.35. The summed E-state index contributed by atoms with van der Waals surface area (Å²) in [6.07, 6.45) is 3.21. The van der Waals surface area contributed by atoms with E-state index < -0.39 is 23.3 Å². The van der Waals surface area contributed by atoms with Gasteiger partial charge in [-0.25, -0.2) is 4.39 Å². The molecular weight excluding hydrogens is 249 g/mol. The van der Waals surface area contributed by atoms with Gasteiger partial charge in [0.1, 0.15) is 11.4 Å². The third kappa shape index (κ3) is 3.73. The number of pyridine rings is 1. The van der Waals surface area contributed by atoms with Crippen LogP contribution in [0.5, 0.6) is 0 Å². The molecule has 1 aromatic heterocycles. The van der Waals surface area contributed by atoms with Crippen molar-refractivity contribution in [2.75, 3.05) is 7.11 Å². The Morgan fingerprint density at radius 2 is 2.26 bits per heavy atom. The van der Waals surface area contributed by atoms with Crippen LogP contribution >= 0.6 is 0 Å². The van der Waals surface area contributed by atoms with E-state index in [-0.39, 0.29) is 5.69 Å². The summed E-state index contributed by atoms with van der Waals surface area (Å²) in [7, 11) is 1.29. The molecule has 0 aliphatic heterocycles. The topological polar surface area (TPSA) is 59.4 Å². The third-order valence-electron chi connectivity index (χ3n) is 3.26. The predicted molar refractivity (Wildman–Crippen MR) is 68.8 cm³/mol. The molecule has 0 bridgehead atoms. The Morgan fingerprint density at radius 3 is 2.74 bits per heavy atom. The molecule has 0 amide bonds. The molecule has 0 radical (unpaired) electrons. The largest absolute Gasteiger partial charge is 0.469 e.